The lowest BCUT2D eigenvalue weighted by Crippen LogP contribution is -2.49. The highest BCUT2D eigenvalue weighted by Crippen LogP contribution is 2.73. The third-order valence-electron chi connectivity index (χ3n) is 8.18. The maximum Gasteiger partial charge on any atom is 0.407 e. The van der Waals surface area contributed by atoms with E-state index in [2.05, 4.69) is 34.9 Å². The molecule has 0 aliphatic heterocycles. The number of hydrogen-bond donors (Lipinski definition) is 3. The van der Waals surface area contributed by atoms with E-state index in [4.69, 9.17) is 4.74 Å². The molecule has 0 radical (unpaired) electrons. The van der Waals surface area contributed by atoms with Crippen molar-refractivity contribution in [3.63, 3.8) is 0 Å². The lowest BCUT2D eigenvalue weighted by Gasteiger charge is -2.31. The molecule has 2 aromatic carbocycles. The van der Waals surface area contributed by atoms with Crippen molar-refractivity contribution in [3.8, 4) is 11.1 Å². The second-order valence-electron chi connectivity index (χ2n) is 9.85. The van der Waals surface area contributed by atoms with Gasteiger partial charge in [0.2, 0.25) is 5.91 Å². The molecule has 0 heterocycles. The van der Waals surface area contributed by atoms with Crippen LogP contribution in [0.1, 0.15) is 56.1 Å². The predicted molar refractivity (Wildman–Crippen MR) is 126 cm³/mol. The zero-order valence-electron chi connectivity index (χ0n) is 19.3. The fraction of sp³-hybridized carbons (Fsp3) is 0.444. The summed E-state index contributed by atoms with van der Waals surface area (Å²) in [6.45, 7) is 2.07. The Morgan fingerprint density at radius 1 is 1.06 bits per heavy atom. The number of fused-ring (bicyclic) bond motifs is 3. The van der Waals surface area contributed by atoms with Crippen molar-refractivity contribution in [1.82, 2.24) is 10.6 Å². The number of carbonyl (C=O) groups excluding carboxylic acids is 2. The van der Waals surface area contributed by atoms with Crippen molar-refractivity contribution in [2.75, 3.05) is 13.2 Å². The molecule has 5 rings (SSSR count). The maximum absolute atomic E-state index is 12.7. The summed E-state index contributed by atoms with van der Waals surface area (Å²) < 4.78 is 5.55. The van der Waals surface area contributed by atoms with Gasteiger partial charge in [-0.05, 0) is 53.4 Å². The standard InChI is InChI=1S/C27H30N2O5/c1-2-22(23(30)28-16-27(24(31)32)15-26(27)12-7-13-26)29-25(33)34-14-21-19-10-5-3-8-17(19)18-9-4-6-11-20(18)21/h3-6,8-11,21-22H,2,7,12-16H2,1H3,(H,28,30)(H,29,33)(H,31,32)/t22-,27?/m0/s1. The Morgan fingerprint density at radius 2 is 1.68 bits per heavy atom. The van der Waals surface area contributed by atoms with Crippen molar-refractivity contribution in [1.29, 1.82) is 0 Å². The van der Waals surface area contributed by atoms with E-state index in [-0.39, 0.29) is 30.4 Å². The Labute approximate surface area is 198 Å². The highest BCUT2D eigenvalue weighted by Gasteiger charge is 2.73. The maximum atomic E-state index is 12.7. The number of ether oxygens (including phenoxy) is 1. The van der Waals surface area contributed by atoms with Gasteiger partial charge in [-0.15, -0.1) is 0 Å². The first-order chi connectivity index (χ1) is 16.4. The average Bonchev–Trinajstić information content (AvgIpc) is 3.44. The van der Waals surface area contributed by atoms with Gasteiger partial charge in [-0.2, -0.15) is 0 Å². The van der Waals surface area contributed by atoms with Crippen LogP contribution < -0.4 is 10.6 Å². The molecule has 2 aromatic rings. The molecule has 34 heavy (non-hydrogen) atoms. The fourth-order valence-electron chi connectivity index (χ4n) is 5.92. The van der Waals surface area contributed by atoms with E-state index in [0.717, 1.165) is 41.5 Å². The minimum absolute atomic E-state index is 0.0592. The molecular weight excluding hydrogens is 432 g/mol. The summed E-state index contributed by atoms with van der Waals surface area (Å²) in [5, 5.41) is 15.2. The van der Waals surface area contributed by atoms with Crippen LogP contribution in [0.25, 0.3) is 11.1 Å². The van der Waals surface area contributed by atoms with E-state index >= 15 is 0 Å². The summed E-state index contributed by atoms with van der Waals surface area (Å²) in [5.41, 5.74) is 3.53. The summed E-state index contributed by atoms with van der Waals surface area (Å²) in [5.74, 6) is -1.28. The second-order valence-corrected chi connectivity index (χ2v) is 9.85. The minimum atomic E-state index is -0.858. The van der Waals surface area contributed by atoms with Crippen LogP contribution in [-0.4, -0.2) is 42.3 Å². The Hall–Kier alpha value is -3.35. The number of hydrogen-bond acceptors (Lipinski definition) is 4. The van der Waals surface area contributed by atoms with Crippen LogP contribution >= 0.6 is 0 Å². The molecule has 2 amide bonds. The minimum Gasteiger partial charge on any atom is -0.481 e. The third kappa shape index (κ3) is 3.54. The summed E-state index contributed by atoms with van der Waals surface area (Å²) >= 11 is 0. The molecule has 2 saturated carbocycles. The first-order valence-electron chi connectivity index (χ1n) is 12.0. The van der Waals surface area contributed by atoms with Crippen molar-refractivity contribution < 1.29 is 24.2 Å². The van der Waals surface area contributed by atoms with Gasteiger partial charge < -0.3 is 20.5 Å². The molecule has 3 aliphatic carbocycles. The summed E-state index contributed by atoms with van der Waals surface area (Å²) in [4.78, 5) is 37.2. The second kappa shape index (κ2) is 8.46. The van der Waals surface area contributed by atoms with Crippen LogP contribution in [0, 0.1) is 10.8 Å². The Balaban J connectivity index is 1.17. The van der Waals surface area contributed by atoms with Gasteiger partial charge in [-0.1, -0.05) is 61.9 Å². The Bertz CT molecular complexity index is 1100. The van der Waals surface area contributed by atoms with Gasteiger partial charge in [-0.25, -0.2) is 4.79 Å². The van der Waals surface area contributed by atoms with Gasteiger partial charge in [-0.3, -0.25) is 9.59 Å². The van der Waals surface area contributed by atoms with Crippen LogP contribution in [-0.2, 0) is 14.3 Å². The zero-order chi connectivity index (χ0) is 23.9. The number of rotatable bonds is 8. The third-order valence-corrected chi connectivity index (χ3v) is 8.18. The van der Waals surface area contributed by atoms with Gasteiger partial charge >= 0.3 is 12.1 Å². The number of carboxylic acids is 1. The molecule has 7 nitrogen and oxygen atoms in total. The number of alkyl carbamates (subject to hydrolysis) is 1. The average molecular weight is 463 g/mol. The first kappa shape index (κ1) is 22.4. The van der Waals surface area contributed by atoms with Crippen LogP contribution in [0.3, 0.4) is 0 Å². The lowest BCUT2D eigenvalue weighted by molar-refractivity contribution is -0.146. The molecule has 3 aliphatic rings. The number of amides is 2. The number of carboxylic acid groups (broad SMARTS) is 1. The van der Waals surface area contributed by atoms with Crippen LogP contribution in [0.5, 0.6) is 0 Å². The topological polar surface area (TPSA) is 105 Å². The van der Waals surface area contributed by atoms with Gasteiger partial charge in [0.05, 0.1) is 5.41 Å². The molecular formula is C27H30N2O5. The van der Waals surface area contributed by atoms with Gasteiger partial charge in [0, 0.05) is 12.5 Å². The number of carbonyl (C=O) groups is 3. The Morgan fingerprint density at radius 3 is 2.18 bits per heavy atom. The van der Waals surface area contributed by atoms with Gasteiger partial charge in [0.25, 0.3) is 0 Å². The smallest absolute Gasteiger partial charge is 0.407 e. The molecule has 2 fully saturated rings. The van der Waals surface area contributed by atoms with Crippen molar-refractivity contribution in [2.24, 2.45) is 10.8 Å². The van der Waals surface area contributed by atoms with Gasteiger partial charge in [0.15, 0.2) is 0 Å². The molecule has 1 unspecified atom stereocenters. The lowest BCUT2D eigenvalue weighted by atomic mass is 9.75. The molecule has 0 aromatic heterocycles. The van der Waals surface area contributed by atoms with Crippen molar-refractivity contribution in [2.45, 2.75) is 51.0 Å². The normalized spacial score (nSPS) is 22.1. The van der Waals surface area contributed by atoms with Crippen LogP contribution in [0.4, 0.5) is 4.79 Å². The molecule has 2 atom stereocenters. The number of benzene rings is 2. The molecule has 0 bridgehead atoms. The number of aliphatic carboxylic acids is 1. The SMILES string of the molecule is CC[C@H](NC(=O)OCC1c2ccccc2-c2ccccc21)C(=O)NCC1(C(=O)O)CC12CCC2. The van der Waals surface area contributed by atoms with Crippen molar-refractivity contribution >= 4 is 18.0 Å². The zero-order valence-corrected chi connectivity index (χ0v) is 19.3. The highest BCUT2D eigenvalue weighted by atomic mass is 16.5. The van der Waals surface area contributed by atoms with Crippen LogP contribution in [0.15, 0.2) is 48.5 Å². The van der Waals surface area contributed by atoms with E-state index in [1.807, 2.05) is 24.3 Å². The molecule has 3 N–H and O–H groups in total. The van der Waals surface area contributed by atoms with E-state index in [1.165, 1.54) is 0 Å². The molecule has 1 spiro atoms. The van der Waals surface area contributed by atoms with E-state index in [0.29, 0.717) is 12.8 Å². The van der Waals surface area contributed by atoms with Crippen LogP contribution in [0.2, 0.25) is 0 Å². The summed E-state index contributed by atoms with van der Waals surface area (Å²) in [7, 11) is 0. The van der Waals surface area contributed by atoms with Crippen molar-refractivity contribution in [3.05, 3.63) is 59.7 Å². The molecule has 178 valence electrons. The van der Waals surface area contributed by atoms with Gasteiger partial charge in [0.1, 0.15) is 12.6 Å². The molecule has 0 saturated heterocycles. The number of nitrogens with one attached hydrogen (secondary N) is 2. The predicted octanol–water partition coefficient (Wildman–Crippen LogP) is 4.06. The largest absolute Gasteiger partial charge is 0.481 e. The monoisotopic (exact) mass is 462 g/mol. The highest BCUT2D eigenvalue weighted by molar-refractivity contribution is 5.87. The summed E-state index contributed by atoms with van der Waals surface area (Å²) in [6, 6.07) is 15.4. The van der Waals surface area contributed by atoms with E-state index < -0.39 is 23.5 Å². The first-order valence-corrected chi connectivity index (χ1v) is 12.0. The van der Waals surface area contributed by atoms with E-state index in [9.17, 15) is 19.5 Å². The summed E-state index contributed by atoms with van der Waals surface area (Å²) in [6.07, 6.45) is 3.20. The van der Waals surface area contributed by atoms with E-state index in [1.54, 1.807) is 6.92 Å². The molecule has 7 heteroatoms. The quantitative estimate of drug-likeness (QED) is 0.549. The fourth-order valence-corrected chi connectivity index (χ4v) is 5.92. The Kier molecular flexibility index (Phi) is 5.58.